The molecule has 2 aliphatic rings. The van der Waals surface area contributed by atoms with Crippen LogP contribution in [-0.4, -0.2) is 53.3 Å². The van der Waals surface area contributed by atoms with Crippen molar-refractivity contribution in [3.05, 3.63) is 11.1 Å². The SMILES string of the molecule is CN(C(=O)Nc1nc(C2CC2)cs1)C1COCC1C(=O)O. The number of carbonyl (C=O) groups is 2. The van der Waals surface area contributed by atoms with E-state index in [0.29, 0.717) is 11.0 Å². The van der Waals surface area contributed by atoms with Gasteiger partial charge in [-0.1, -0.05) is 0 Å². The van der Waals surface area contributed by atoms with Crippen LogP contribution >= 0.6 is 11.3 Å². The number of aromatic nitrogens is 1. The minimum atomic E-state index is -0.942. The molecule has 1 saturated carbocycles. The maximum Gasteiger partial charge on any atom is 0.323 e. The van der Waals surface area contributed by atoms with Crippen LogP contribution in [0.3, 0.4) is 0 Å². The van der Waals surface area contributed by atoms with E-state index in [-0.39, 0.29) is 19.2 Å². The first-order valence-electron chi connectivity index (χ1n) is 6.86. The molecule has 0 aromatic carbocycles. The largest absolute Gasteiger partial charge is 0.481 e. The molecule has 1 aromatic heterocycles. The van der Waals surface area contributed by atoms with Gasteiger partial charge < -0.3 is 14.7 Å². The monoisotopic (exact) mass is 311 g/mol. The Balaban J connectivity index is 1.62. The number of carboxylic acids is 1. The third kappa shape index (κ3) is 3.01. The Labute approximate surface area is 125 Å². The maximum atomic E-state index is 12.2. The molecule has 21 heavy (non-hydrogen) atoms. The van der Waals surface area contributed by atoms with Gasteiger partial charge in [0.2, 0.25) is 0 Å². The Morgan fingerprint density at radius 2 is 2.24 bits per heavy atom. The predicted octanol–water partition coefficient (Wildman–Crippen LogP) is 1.58. The van der Waals surface area contributed by atoms with Crippen molar-refractivity contribution in [3.8, 4) is 0 Å². The van der Waals surface area contributed by atoms with Crippen LogP contribution in [0.4, 0.5) is 9.93 Å². The third-order valence-electron chi connectivity index (χ3n) is 3.92. The lowest BCUT2D eigenvalue weighted by atomic mass is 10.0. The highest BCUT2D eigenvalue weighted by molar-refractivity contribution is 7.13. The van der Waals surface area contributed by atoms with Gasteiger partial charge in [0, 0.05) is 18.3 Å². The van der Waals surface area contributed by atoms with E-state index < -0.39 is 17.9 Å². The highest BCUT2D eigenvalue weighted by atomic mass is 32.1. The Morgan fingerprint density at radius 1 is 1.48 bits per heavy atom. The number of aliphatic carboxylic acids is 1. The molecule has 1 saturated heterocycles. The number of rotatable bonds is 4. The molecule has 8 heteroatoms. The van der Waals surface area contributed by atoms with E-state index in [1.165, 1.54) is 16.2 Å². The normalized spacial score (nSPS) is 24.8. The van der Waals surface area contributed by atoms with Gasteiger partial charge >= 0.3 is 12.0 Å². The molecule has 3 rings (SSSR count). The summed E-state index contributed by atoms with van der Waals surface area (Å²) in [5, 5.41) is 14.4. The quantitative estimate of drug-likeness (QED) is 0.881. The van der Waals surface area contributed by atoms with Crippen molar-refractivity contribution in [2.24, 2.45) is 5.92 Å². The molecule has 2 heterocycles. The van der Waals surface area contributed by atoms with E-state index in [1.54, 1.807) is 7.05 Å². The van der Waals surface area contributed by atoms with Crippen molar-refractivity contribution in [1.29, 1.82) is 0 Å². The van der Waals surface area contributed by atoms with Crippen LogP contribution in [0.2, 0.25) is 0 Å². The van der Waals surface area contributed by atoms with Gasteiger partial charge in [-0.25, -0.2) is 9.78 Å². The molecule has 2 fully saturated rings. The summed E-state index contributed by atoms with van der Waals surface area (Å²) in [7, 11) is 1.58. The van der Waals surface area contributed by atoms with Crippen molar-refractivity contribution in [3.63, 3.8) is 0 Å². The van der Waals surface area contributed by atoms with Crippen LogP contribution in [0.1, 0.15) is 24.5 Å². The highest BCUT2D eigenvalue weighted by Crippen LogP contribution is 2.40. The summed E-state index contributed by atoms with van der Waals surface area (Å²) in [5.41, 5.74) is 1.03. The number of urea groups is 1. The Morgan fingerprint density at radius 3 is 2.90 bits per heavy atom. The van der Waals surface area contributed by atoms with Crippen LogP contribution in [-0.2, 0) is 9.53 Å². The van der Waals surface area contributed by atoms with Crippen molar-refractivity contribution < 1.29 is 19.4 Å². The Bertz CT molecular complexity index is 557. The first kappa shape index (κ1) is 14.3. The van der Waals surface area contributed by atoms with Crippen molar-refractivity contribution in [2.45, 2.75) is 24.8 Å². The fraction of sp³-hybridized carbons (Fsp3) is 0.615. The molecule has 0 spiro atoms. The van der Waals surface area contributed by atoms with Gasteiger partial charge in [0.05, 0.1) is 24.9 Å². The number of nitrogens with zero attached hydrogens (tertiary/aromatic N) is 2. The maximum absolute atomic E-state index is 12.2. The highest BCUT2D eigenvalue weighted by Gasteiger charge is 2.38. The zero-order valence-corrected chi connectivity index (χ0v) is 12.4. The van der Waals surface area contributed by atoms with Crippen LogP contribution in [0.15, 0.2) is 5.38 Å². The number of carbonyl (C=O) groups excluding carboxylic acids is 1. The molecular weight excluding hydrogens is 294 g/mol. The molecule has 2 atom stereocenters. The molecule has 0 radical (unpaired) electrons. The second-order valence-corrected chi connectivity index (χ2v) is 6.30. The second kappa shape index (κ2) is 5.61. The average molecular weight is 311 g/mol. The number of nitrogens with one attached hydrogen (secondary N) is 1. The lowest BCUT2D eigenvalue weighted by molar-refractivity contribution is -0.142. The van der Waals surface area contributed by atoms with E-state index in [2.05, 4.69) is 10.3 Å². The summed E-state index contributed by atoms with van der Waals surface area (Å²) in [6, 6.07) is -0.807. The van der Waals surface area contributed by atoms with E-state index in [9.17, 15) is 9.59 Å². The smallest absolute Gasteiger partial charge is 0.323 e. The summed E-state index contributed by atoms with van der Waals surface area (Å²) in [5.74, 6) is -1.08. The van der Waals surface area contributed by atoms with Gasteiger partial charge in [0.25, 0.3) is 0 Å². The molecule has 2 amide bonds. The number of carboxylic acid groups (broad SMARTS) is 1. The van der Waals surface area contributed by atoms with Gasteiger partial charge in [-0.15, -0.1) is 11.3 Å². The zero-order chi connectivity index (χ0) is 15.0. The standard InChI is InChI=1S/C13H17N3O4S/c1-16(10-5-20-4-8(10)11(17)18)13(19)15-12-14-9(6-21-12)7-2-3-7/h6-8,10H,2-5H2,1H3,(H,17,18)(H,14,15,19). The predicted molar refractivity (Wildman–Crippen MR) is 76.6 cm³/mol. The molecule has 1 aromatic rings. The Kier molecular flexibility index (Phi) is 3.81. The number of anilines is 1. The number of thiazole rings is 1. The van der Waals surface area contributed by atoms with E-state index in [4.69, 9.17) is 9.84 Å². The molecule has 2 N–H and O–H groups in total. The van der Waals surface area contributed by atoms with Gasteiger partial charge in [-0.05, 0) is 12.8 Å². The molecule has 7 nitrogen and oxygen atoms in total. The third-order valence-corrected chi connectivity index (χ3v) is 4.69. The average Bonchev–Trinajstić information content (AvgIpc) is 3.01. The van der Waals surface area contributed by atoms with Crippen LogP contribution in [0, 0.1) is 5.92 Å². The van der Waals surface area contributed by atoms with Gasteiger partial charge in [0.15, 0.2) is 5.13 Å². The molecular formula is C13H17N3O4S. The van der Waals surface area contributed by atoms with E-state index >= 15 is 0 Å². The fourth-order valence-electron chi connectivity index (χ4n) is 2.40. The summed E-state index contributed by atoms with van der Waals surface area (Å²) in [4.78, 5) is 29.1. The summed E-state index contributed by atoms with van der Waals surface area (Å²) in [6.45, 7) is 0.382. The molecule has 0 bridgehead atoms. The zero-order valence-electron chi connectivity index (χ0n) is 11.6. The number of hydrogen-bond donors (Lipinski definition) is 2. The number of amides is 2. The minimum Gasteiger partial charge on any atom is -0.481 e. The van der Waals surface area contributed by atoms with Gasteiger partial charge in [-0.3, -0.25) is 10.1 Å². The molecule has 114 valence electrons. The van der Waals surface area contributed by atoms with Crippen molar-refractivity contribution >= 4 is 28.5 Å². The lowest BCUT2D eigenvalue weighted by Crippen LogP contribution is -2.45. The lowest BCUT2D eigenvalue weighted by Gasteiger charge is -2.25. The number of likely N-dealkylation sites (N-methyl/N-ethyl adjacent to an activating group) is 1. The van der Waals surface area contributed by atoms with Crippen LogP contribution in [0.25, 0.3) is 0 Å². The van der Waals surface area contributed by atoms with Crippen LogP contribution < -0.4 is 5.32 Å². The molecule has 2 unspecified atom stereocenters. The summed E-state index contributed by atoms with van der Waals surface area (Å²) < 4.78 is 5.18. The summed E-state index contributed by atoms with van der Waals surface area (Å²) >= 11 is 1.40. The topological polar surface area (TPSA) is 91.8 Å². The van der Waals surface area contributed by atoms with Crippen LogP contribution in [0.5, 0.6) is 0 Å². The second-order valence-electron chi connectivity index (χ2n) is 5.44. The number of ether oxygens (including phenoxy) is 1. The van der Waals surface area contributed by atoms with E-state index in [1.807, 2.05) is 5.38 Å². The Hall–Kier alpha value is -1.67. The van der Waals surface area contributed by atoms with Crippen molar-refractivity contribution in [1.82, 2.24) is 9.88 Å². The number of hydrogen-bond acceptors (Lipinski definition) is 5. The first-order valence-corrected chi connectivity index (χ1v) is 7.74. The summed E-state index contributed by atoms with van der Waals surface area (Å²) in [6.07, 6.45) is 2.33. The van der Waals surface area contributed by atoms with Gasteiger partial charge in [-0.2, -0.15) is 0 Å². The molecule has 1 aliphatic carbocycles. The minimum absolute atomic E-state index is 0.140. The van der Waals surface area contributed by atoms with E-state index in [0.717, 1.165) is 18.5 Å². The fourth-order valence-corrected chi connectivity index (χ4v) is 3.18. The first-order chi connectivity index (χ1) is 10.1. The van der Waals surface area contributed by atoms with Gasteiger partial charge in [0.1, 0.15) is 5.92 Å². The molecule has 1 aliphatic heterocycles. The van der Waals surface area contributed by atoms with Crippen molar-refractivity contribution in [2.75, 3.05) is 25.6 Å².